The van der Waals surface area contributed by atoms with Crippen molar-refractivity contribution >= 4 is 15.9 Å². The van der Waals surface area contributed by atoms with Crippen LogP contribution < -0.4 is 5.32 Å². The zero-order valence-electron chi connectivity index (χ0n) is 17.4. The summed E-state index contributed by atoms with van der Waals surface area (Å²) < 4.78 is 27.5. The first-order chi connectivity index (χ1) is 13.7. The third-order valence-electron chi connectivity index (χ3n) is 6.19. The molecule has 0 bridgehead atoms. The summed E-state index contributed by atoms with van der Waals surface area (Å²) >= 11 is 0. The minimum Gasteiger partial charge on any atom is -0.337 e. The summed E-state index contributed by atoms with van der Waals surface area (Å²) in [5, 5.41) is 12.2. The van der Waals surface area contributed by atoms with Crippen molar-refractivity contribution < 1.29 is 13.2 Å². The second-order valence-corrected chi connectivity index (χ2v) is 10.4. The predicted molar refractivity (Wildman–Crippen MR) is 111 cm³/mol. The minimum absolute atomic E-state index is 0.00855. The Kier molecular flexibility index (Phi) is 6.32. The van der Waals surface area contributed by atoms with E-state index in [1.807, 2.05) is 30.9 Å². The molecule has 7 nitrogen and oxygen atoms in total. The Morgan fingerprint density at radius 3 is 2.48 bits per heavy atom. The van der Waals surface area contributed by atoms with Crippen LogP contribution in [0.4, 0.5) is 0 Å². The molecule has 1 atom stereocenters. The van der Waals surface area contributed by atoms with Crippen molar-refractivity contribution in [3.05, 3.63) is 29.3 Å². The average molecular weight is 419 g/mol. The molecule has 1 N–H and O–H groups in total. The number of rotatable bonds is 6. The van der Waals surface area contributed by atoms with Crippen LogP contribution in [-0.2, 0) is 27.7 Å². The largest absolute Gasteiger partial charge is 0.337 e. The predicted octanol–water partition coefficient (Wildman–Crippen LogP) is 1.54. The Bertz CT molecular complexity index is 914. The summed E-state index contributed by atoms with van der Waals surface area (Å²) in [5.41, 5.74) is 1.49. The highest BCUT2D eigenvalue weighted by molar-refractivity contribution is 7.89. The third-order valence-corrected chi connectivity index (χ3v) is 8.09. The normalized spacial score (nSPS) is 20.1. The molecule has 29 heavy (non-hydrogen) atoms. The van der Waals surface area contributed by atoms with Gasteiger partial charge in [-0.15, -0.1) is 0 Å². The molecule has 1 heterocycles. The first kappa shape index (κ1) is 21.8. The molecule has 158 valence electrons. The monoisotopic (exact) mass is 418 g/mol. The summed E-state index contributed by atoms with van der Waals surface area (Å²) in [5.74, 6) is -0.219. The van der Waals surface area contributed by atoms with Crippen LogP contribution in [-0.4, -0.2) is 61.8 Å². The van der Waals surface area contributed by atoms with Crippen molar-refractivity contribution in [1.82, 2.24) is 14.5 Å². The van der Waals surface area contributed by atoms with Crippen molar-refractivity contribution in [2.75, 3.05) is 32.7 Å². The lowest BCUT2D eigenvalue weighted by atomic mass is 9.90. The Labute approximate surface area is 173 Å². The number of carbonyl (C=O) groups is 1. The number of fused-ring (bicyclic) bond motifs is 1. The van der Waals surface area contributed by atoms with Crippen LogP contribution in [0.1, 0.15) is 38.3 Å². The molecule has 0 saturated carbocycles. The second-order valence-electron chi connectivity index (χ2n) is 8.48. The van der Waals surface area contributed by atoms with Gasteiger partial charge in [0.1, 0.15) is 5.54 Å². The van der Waals surface area contributed by atoms with E-state index in [2.05, 4.69) is 11.4 Å². The maximum absolute atomic E-state index is 13.0. The minimum atomic E-state index is -3.52. The van der Waals surface area contributed by atoms with E-state index in [1.54, 1.807) is 13.0 Å². The van der Waals surface area contributed by atoms with E-state index in [0.29, 0.717) is 31.1 Å². The summed E-state index contributed by atoms with van der Waals surface area (Å²) in [4.78, 5) is 14.7. The van der Waals surface area contributed by atoms with E-state index >= 15 is 0 Å². The molecule has 0 aromatic heterocycles. The highest BCUT2D eigenvalue weighted by Crippen LogP contribution is 2.26. The highest BCUT2D eigenvalue weighted by Gasteiger charge is 2.33. The number of nitrogens with zero attached hydrogens (tertiary/aromatic N) is 3. The van der Waals surface area contributed by atoms with E-state index < -0.39 is 15.6 Å². The molecule has 1 aliphatic heterocycles. The van der Waals surface area contributed by atoms with Gasteiger partial charge in [-0.3, -0.25) is 9.69 Å². The molecule has 1 aliphatic carbocycles. The maximum Gasteiger partial charge on any atom is 0.243 e. The van der Waals surface area contributed by atoms with Crippen LogP contribution in [0.2, 0.25) is 0 Å². The zero-order valence-corrected chi connectivity index (χ0v) is 18.3. The maximum atomic E-state index is 13.0. The molecule has 0 spiro atoms. The van der Waals surface area contributed by atoms with Crippen molar-refractivity contribution in [1.29, 1.82) is 5.26 Å². The van der Waals surface area contributed by atoms with Crippen molar-refractivity contribution in [3.63, 3.8) is 0 Å². The number of amides is 1. The number of hydrogen-bond donors (Lipinski definition) is 1. The van der Waals surface area contributed by atoms with Crippen molar-refractivity contribution in [3.8, 4) is 6.07 Å². The standard InChI is InChI=1S/C21H30N4O3S/c1-16(2)21(3,15-22)23-20(26)14-24-9-11-25(12-10-24)29(27,28)19-8-7-17-5-4-6-18(17)13-19/h7-8,13,16H,4-6,9-12,14H2,1-3H3,(H,23,26)/t21-/m1/s1. The van der Waals surface area contributed by atoms with E-state index in [9.17, 15) is 18.5 Å². The Balaban J connectivity index is 1.57. The van der Waals surface area contributed by atoms with Crippen LogP contribution >= 0.6 is 0 Å². The molecule has 1 saturated heterocycles. The molecule has 1 aromatic carbocycles. The molecule has 1 fully saturated rings. The van der Waals surface area contributed by atoms with Gasteiger partial charge in [0, 0.05) is 26.2 Å². The van der Waals surface area contributed by atoms with Crippen LogP contribution in [0.25, 0.3) is 0 Å². The van der Waals surface area contributed by atoms with Crippen LogP contribution in [0.15, 0.2) is 23.1 Å². The number of carbonyl (C=O) groups excluding carboxylic acids is 1. The topological polar surface area (TPSA) is 93.5 Å². The SMILES string of the molecule is CC(C)[C@@](C)(C#N)NC(=O)CN1CCN(S(=O)(=O)c2ccc3c(c2)CCC3)CC1. The first-order valence-electron chi connectivity index (χ1n) is 10.2. The van der Waals surface area contributed by atoms with Crippen molar-refractivity contribution in [2.24, 2.45) is 5.92 Å². The number of nitrogens with one attached hydrogen (secondary N) is 1. The quantitative estimate of drug-likeness (QED) is 0.756. The lowest BCUT2D eigenvalue weighted by Crippen LogP contribution is -2.55. The van der Waals surface area contributed by atoms with Gasteiger partial charge >= 0.3 is 0 Å². The second kappa shape index (κ2) is 8.42. The Hall–Kier alpha value is -1.95. The van der Waals surface area contributed by atoms with Crippen LogP contribution in [0.5, 0.6) is 0 Å². The third kappa shape index (κ3) is 4.63. The van der Waals surface area contributed by atoms with Gasteiger partial charge in [0.25, 0.3) is 0 Å². The highest BCUT2D eigenvalue weighted by atomic mass is 32.2. The number of piperazine rings is 1. The summed E-state index contributed by atoms with van der Waals surface area (Å²) in [6.45, 7) is 7.36. The molecule has 8 heteroatoms. The number of benzene rings is 1. The van der Waals surface area contributed by atoms with Gasteiger partial charge in [-0.25, -0.2) is 8.42 Å². The Morgan fingerprint density at radius 2 is 1.86 bits per heavy atom. The van der Waals surface area contributed by atoms with Gasteiger partial charge in [-0.1, -0.05) is 19.9 Å². The molecular formula is C21H30N4O3S. The zero-order chi connectivity index (χ0) is 21.2. The average Bonchev–Trinajstić information content (AvgIpc) is 3.16. The van der Waals surface area contributed by atoms with E-state index in [4.69, 9.17) is 0 Å². The van der Waals surface area contributed by atoms with E-state index in [0.717, 1.165) is 24.8 Å². The van der Waals surface area contributed by atoms with E-state index in [1.165, 1.54) is 9.87 Å². The molecule has 0 radical (unpaired) electrons. The van der Waals surface area contributed by atoms with Gasteiger partial charge in [0.15, 0.2) is 0 Å². The molecule has 2 aliphatic rings. The van der Waals surface area contributed by atoms with Gasteiger partial charge in [0.2, 0.25) is 15.9 Å². The first-order valence-corrected chi connectivity index (χ1v) is 11.7. The number of aryl methyl sites for hydroxylation is 2. The van der Waals surface area contributed by atoms with Gasteiger partial charge < -0.3 is 5.32 Å². The van der Waals surface area contributed by atoms with Gasteiger partial charge in [-0.2, -0.15) is 9.57 Å². The fraction of sp³-hybridized carbons (Fsp3) is 0.619. The van der Waals surface area contributed by atoms with Crippen LogP contribution in [0, 0.1) is 17.2 Å². The fourth-order valence-corrected chi connectivity index (χ4v) is 5.29. The molecule has 1 amide bonds. The molecule has 3 rings (SSSR count). The molecule has 1 aromatic rings. The van der Waals surface area contributed by atoms with Gasteiger partial charge in [0.05, 0.1) is 17.5 Å². The van der Waals surface area contributed by atoms with Crippen molar-refractivity contribution in [2.45, 2.75) is 50.5 Å². The summed E-state index contributed by atoms with van der Waals surface area (Å²) in [6.07, 6.45) is 3.05. The number of hydrogen-bond acceptors (Lipinski definition) is 5. The van der Waals surface area contributed by atoms with Crippen LogP contribution in [0.3, 0.4) is 0 Å². The number of sulfonamides is 1. The Morgan fingerprint density at radius 1 is 1.21 bits per heavy atom. The summed E-state index contributed by atoms with van der Waals surface area (Å²) in [6, 6.07) is 7.65. The summed E-state index contributed by atoms with van der Waals surface area (Å²) in [7, 11) is -3.52. The molecular weight excluding hydrogens is 388 g/mol. The fourth-order valence-electron chi connectivity index (χ4n) is 3.82. The van der Waals surface area contributed by atoms with E-state index in [-0.39, 0.29) is 18.4 Å². The lowest BCUT2D eigenvalue weighted by molar-refractivity contribution is -0.124. The smallest absolute Gasteiger partial charge is 0.243 e. The number of nitriles is 1. The lowest BCUT2D eigenvalue weighted by Gasteiger charge is -2.34. The molecule has 0 unspecified atom stereocenters. The van der Waals surface area contributed by atoms with Gasteiger partial charge in [-0.05, 0) is 55.4 Å².